The number of anilines is 1. The second-order valence-electron chi connectivity index (χ2n) is 10.8. The molecule has 4 aromatic rings. The second kappa shape index (κ2) is 12.0. The van der Waals surface area contributed by atoms with Crippen LogP contribution < -0.4 is 9.64 Å². The van der Waals surface area contributed by atoms with Crippen molar-refractivity contribution in [3.8, 4) is 5.75 Å². The van der Waals surface area contributed by atoms with Crippen LogP contribution in [-0.4, -0.2) is 50.3 Å². The summed E-state index contributed by atoms with van der Waals surface area (Å²) in [4.78, 5) is 50.7. The average molecular weight is 603 g/mol. The van der Waals surface area contributed by atoms with Crippen molar-refractivity contribution in [2.24, 2.45) is 5.92 Å². The lowest BCUT2D eigenvalue weighted by atomic mass is 9.96. The van der Waals surface area contributed by atoms with Crippen LogP contribution in [0.15, 0.2) is 48.2 Å². The van der Waals surface area contributed by atoms with Crippen LogP contribution in [-0.2, 0) is 14.3 Å². The zero-order valence-corrected chi connectivity index (χ0v) is 25.8. The number of carbonyl (C=O) groups excluding carboxylic acids is 3. The molecule has 1 N–H and O–H groups in total. The molecule has 1 aliphatic heterocycles. The molecule has 0 aliphatic carbocycles. The van der Waals surface area contributed by atoms with Crippen LogP contribution in [0.4, 0.5) is 5.13 Å². The van der Waals surface area contributed by atoms with Crippen molar-refractivity contribution in [3.05, 3.63) is 81.3 Å². The highest BCUT2D eigenvalue weighted by Gasteiger charge is 2.49. The number of hydrogen-bond donors (Lipinski definition) is 1. The summed E-state index contributed by atoms with van der Waals surface area (Å²) in [5.74, 6) is -1.70. The highest BCUT2D eigenvalue weighted by atomic mass is 32.1. The minimum absolute atomic E-state index is 0.126. The number of Topliss-reactive ketones (excluding diaryl/α,β-unsaturated/α-hetero) is 1. The van der Waals surface area contributed by atoms with Gasteiger partial charge in [-0.15, -0.1) is 0 Å². The first-order chi connectivity index (χ1) is 20.5. The molecule has 11 heteroatoms. The summed E-state index contributed by atoms with van der Waals surface area (Å²) in [7, 11) is 0. The van der Waals surface area contributed by atoms with Crippen molar-refractivity contribution in [1.29, 1.82) is 0 Å². The molecule has 1 atom stereocenters. The van der Waals surface area contributed by atoms with Gasteiger partial charge in [0.25, 0.3) is 5.78 Å². The molecule has 43 heavy (non-hydrogen) atoms. The molecule has 1 aliphatic rings. The Hall–Kier alpha value is -4.51. The number of aryl methyl sites for hydroxylation is 3. The summed E-state index contributed by atoms with van der Waals surface area (Å²) >= 11 is 0.961. The van der Waals surface area contributed by atoms with E-state index in [0.717, 1.165) is 23.3 Å². The van der Waals surface area contributed by atoms with Crippen LogP contribution in [0.5, 0.6) is 5.75 Å². The van der Waals surface area contributed by atoms with Gasteiger partial charge in [-0.25, -0.2) is 14.8 Å². The van der Waals surface area contributed by atoms with Crippen LogP contribution in [0.2, 0.25) is 0 Å². The van der Waals surface area contributed by atoms with E-state index in [1.165, 1.54) is 4.90 Å². The predicted molar refractivity (Wildman–Crippen MR) is 164 cm³/mol. The third kappa shape index (κ3) is 5.52. The summed E-state index contributed by atoms with van der Waals surface area (Å²) in [6.07, 6.45) is 2.68. The third-order valence-electron chi connectivity index (χ3n) is 7.34. The number of nitrogens with zero attached hydrogens (tertiary/aromatic N) is 4. The second-order valence-corrected chi connectivity index (χ2v) is 11.8. The Morgan fingerprint density at radius 3 is 2.58 bits per heavy atom. The number of thiazole rings is 1. The molecule has 1 unspecified atom stereocenters. The Kier molecular flexibility index (Phi) is 8.36. The van der Waals surface area contributed by atoms with Gasteiger partial charge in [0.05, 0.1) is 36.2 Å². The van der Waals surface area contributed by atoms with Crippen LogP contribution >= 0.6 is 11.3 Å². The number of pyridine rings is 1. The number of benzene rings is 1. The molecule has 0 bridgehead atoms. The third-order valence-corrected chi connectivity index (χ3v) is 8.48. The number of esters is 1. The molecular formula is C32H34N4O6S. The van der Waals surface area contributed by atoms with E-state index in [1.807, 2.05) is 29.7 Å². The summed E-state index contributed by atoms with van der Waals surface area (Å²) in [6, 6.07) is 9.82. The number of aliphatic hydroxyl groups is 1. The highest BCUT2D eigenvalue weighted by Crippen LogP contribution is 2.44. The predicted octanol–water partition coefficient (Wildman–Crippen LogP) is 5.94. The van der Waals surface area contributed by atoms with Crippen LogP contribution in [0.1, 0.15) is 71.1 Å². The van der Waals surface area contributed by atoms with E-state index in [0.29, 0.717) is 40.9 Å². The van der Waals surface area contributed by atoms with Crippen molar-refractivity contribution in [1.82, 2.24) is 14.4 Å². The van der Waals surface area contributed by atoms with Crippen molar-refractivity contribution in [2.45, 2.75) is 54.0 Å². The normalized spacial score (nSPS) is 16.4. The van der Waals surface area contributed by atoms with E-state index in [1.54, 1.807) is 45.0 Å². The molecule has 10 nitrogen and oxygen atoms in total. The first-order valence-electron chi connectivity index (χ1n) is 14.2. The number of rotatable bonds is 9. The van der Waals surface area contributed by atoms with E-state index >= 15 is 0 Å². The van der Waals surface area contributed by atoms with Crippen molar-refractivity contribution < 1.29 is 29.0 Å². The minimum Gasteiger partial charge on any atom is -0.505 e. The fourth-order valence-electron chi connectivity index (χ4n) is 5.08. The molecule has 1 amide bonds. The summed E-state index contributed by atoms with van der Waals surface area (Å²) in [5.41, 5.74) is 3.10. The molecule has 1 saturated heterocycles. The lowest BCUT2D eigenvalue weighted by molar-refractivity contribution is -0.132. The zero-order valence-electron chi connectivity index (χ0n) is 25.0. The van der Waals surface area contributed by atoms with Crippen molar-refractivity contribution >= 4 is 45.5 Å². The number of imidazole rings is 1. The first kappa shape index (κ1) is 30.0. The number of ether oxygens (including phenoxy) is 2. The number of carbonyl (C=O) groups is 3. The maximum absolute atomic E-state index is 13.8. The molecule has 224 valence electrons. The maximum Gasteiger partial charge on any atom is 0.350 e. The maximum atomic E-state index is 13.8. The van der Waals surface area contributed by atoms with Gasteiger partial charge < -0.3 is 19.0 Å². The number of aliphatic hydroxyl groups excluding tert-OH is 1. The highest BCUT2D eigenvalue weighted by molar-refractivity contribution is 7.17. The minimum atomic E-state index is -1.06. The quantitative estimate of drug-likeness (QED) is 0.108. The number of fused-ring (bicyclic) bond motifs is 1. The van der Waals surface area contributed by atoms with Gasteiger partial charge in [0, 0.05) is 6.20 Å². The smallest absolute Gasteiger partial charge is 0.350 e. The van der Waals surface area contributed by atoms with Gasteiger partial charge in [0.15, 0.2) is 10.9 Å². The lowest BCUT2D eigenvalue weighted by Crippen LogP contribution is -2.29. The van der Waals surface area contributed by atoms with Crippen molar-refractivity contribution in [2.75, 3.05) is 18.1 Å². The number of ketones is 1. The van der Waals surface area contributed by atoms with Crippen LogP contribution in [0.3, 0.4) is 0 Å². The van der Waals surface area contributed by atoms with Crippen molar-refractivity contribution in [3.63, 3.8) is 0 Å². The fraction of sp³-hybridized carbons (Fsp3) is 0.344. The van der Waals surface area contributed by atoms with E-state index in [4.69, 9.17) is 9.47 Å². The topological polar surface area (TPSA) is 123 Å². The zero-order chi connectivity index (χ0) is 31.0. The Labute approximate surface area is 253 Å². The van der Waals surface area contributed by atoms with Crippen LogP contribution in [0, 0.1) is 26.7 Å². The van der Waals surface area contributed by atoms with E-state index in [-0.39, 0.29) is 27.9 Å². The van der Waals surface area contributed by atoms with E-state index in [9.17, 15) is 19.5 Å². The van der Waals surface area contributed by atoms with Gasteiger partial charge in [-0.2, -0.15) is 0 Å². The fourth-order valence-corrected chi connectivity index (χ4v) is 6.06. The molecule has 3 aromatic heterocycles. The number of aromatic nitrogens is 3. The molecule has 0 saturated carbocycles. The molecule has 5 rings (SSSR count). The summed E-state index contributed by atoms with van der Waals surface area (Å²) in [5, 5.41) is 11.9. The largest absolute Gasteiger partial charge is 0.505 e. The van der Waals surface area contributed by atoms with Gasteiger partial charge >= 0.3 is 11.9 Å². The first-order valence-corrected chi connectivity index (χ1v) is 15.0. The van der Waals surface area contributed by atoms with Gasteiger partial charge in [-0.1, -0.05) is 43.4 Å². The Morgan fingerprint density at radius 2 is 1.88 bits per heavy atom. The molecule has 4 heterocycles. The number of amides is 1. The average Bonchev–Trinajstić information content (AvgIpc) is 3.60. The SMILES string of the molecule is CCOC(=O)c1sc(N2C(=O)C(=O)C(=C(O)c3nc4c(C)cccn4c3C)C2c2cccc(OCCC(C)C)c2)nc1C. The van der Waals surface area contributed by atoms with E-state index < -0.39 is 29.5 Å². The Bertz CT molecular complexity index is 1770. The number of hydrogen-bond acceptors (Lipinski definition) is 9. The Balaban J connectivity index is 1.69. The summed E-state index contributed by atoms with van der Waals surface area (Å²) < 4.78 is 13.0. The lowest BCUT2D eigenvalue weighted by Gasteiger charge is -2.23. The monoisotopic (exact) mass is 602 g/mol. The molecular weight excluding hydrogens is 568 g/mol. The van der Waals surface area contributed by atoms with E-state index in [2.05, 4.69) is 23.8 Å². The standard InChI is InChI=1S/C32H34N4O6S/c1-7-41-31(40)28-19(5)33-32(43-28)36-25(21-11-8-12-22(16-21)42-15-13-17(2)3)23(27(38)30(36)39)26(37)24-20(6)35-14-9-10-18(4)29(35)34-24/h8-12,14,16-17,25,37H,7,13,15H2,1-6H3. The molecule has 1 aromatic carbocycles. The van der Waals surface area contributed by atoms with Gasteiger partial charge in [-0.05, 0) is 69.4 Å². The molecule has 0 spiro atoms. The van der Waals surface area contributed by atoms with Gasteiger partial charge in [0.2, 0.25) is 0 Å². The Morgan fingerprint density at radius 1 is 1.12 bits per heavy atom. The van der Waals surface area contributed by atoms with Gasteiger partial charge in [0.1, 0.15) is 22.0 Å². The van der Waals surface area contributed by atoms with Gasteiger partial charge in [-0.3, -0.25) is 14.5 Å². The molecule has 0 radical (unpaired) electrons. The molecule has 1 fully saturated rings. The summed E-state index contributed by atoms with van der Waals surface area (Å²) in [6.45, 7) is 11.9. The van der Waals surface area contributed by atoms with Crippen LogP contribution in [0.25, 0.3) is 11.4 Å².